The number of hydrogen-bond acceptors (Lipinski definition) is 4. The van der Waals surface area contributed by atoms with Gasteiger partial charge in [-0.2, -0.15) is 5.10 Å². The smallest absolute Gasteiger partial charge is 0.325 e. The number of benzene rings is 1. The normalized spacial score (nSPS) is 14.0. The number of carboxylic acid groups (broad SMARTS) is 1. The maximum Gasteiger partial charge on any atom is 0.325 e. The SMILES string of the molecule is Cc1cc(NC(=O)c2ccc(N3CCCC3=O)cc2)n(CC(=O)O)n1. The molecule has 0 aliphatic carbocycles. The van der Waals surface area contributed by atoms with Crippen molar-refractivity contribution in [2.75, 3.05) is 16.8 Å². The summed E-state index contributed by atoms with van der Waals surface area (Å²) in [5, 5.41) is 15.6. The summed E-state index contributed by atoms with van der Waals surface area (Å²) in [5.74, 6) is -1.00. The van der Waals surface area contributed by atoms with E-state index in [0.29, 0.717) is 30.0 Å². The van der Waals surface area contributed by atoms with E-state index < -0.39 is 5.97 Å². The van der Waals surface area contributed by atoms with Gasteiger partial charge in [0.25, 0.3) is 5.91 Å². The molecule has 1 fully saturated rings. The minimum absolute atomic E-state index is 0.0882. The van der Waals surface area contributed by atoms with Crippen molar-refractivity contribution in [3.8, 4) is 0 Å². The molecular formula is C17H18N4O4. The van der Waals surface area contributed by atoms with Crippen molar-refractivity contribution in [2.24, 2.45) is 0 Å². The summed E-state index contributed by atoms with van der Waals surface area (Å²) >= 11 is 0. The summed E-state index contributed by atoms with van der Waals surface area (Å²) in [5.41, 5.74) is 1.79. The molecule has 8 nitrogen and oxygen atoms in total. The third-order valence-electron chi connectivity index (χ3n) is 3.94. The minimum Gasteiger partial charge on any atom is -0.480 e. The van der Waals surface area contributed by atoms with Gasteiger partial charge in [-0.15, -0.1) is 0 Å². The number of carbonyl (C=O) groups is 3. The Morgan fingerprint density at radius 3 is 2.60 bits per heavy atom. The molecule has 0 radical (unpaired) electrons. The van der Waals surface area contributed by atoms with Gasteiger partial charge in [-0.3, -0.25) is 14.4 Å². The molecule has 1 aliphatic heterocycles. The summed E-state index contributed by atoms with van der Waals surface area (Å²) in [7, 11) is 0. The van der Waals surface area contributed by atoms with Gasteiger partial charge in [0.15, 0.2) is 0 Å². The van der Waals surface area contributed by atoms with Gasteiger partial charge in [0.05, 0.1) is 5.69 Å². The Hall–Kier alpha value is -3.16. The van der Waals surface area contributed by atoms with Gasteiger partial charge in [-0.05, 0) is 37.6 Å². The van der Waals surface area contributed by atoms with E-state index in [9.17, 15) is 14.4 Å². The lowest BCUT2D eigenvalue weighted by Gasteiger charge is -2.15. The second-order valence-corrected chi connectivity index (χ2v) is 5.87. The molecule has 1 aromatic heterocycles. The minimum atomic E-state index is -1.04. The fraction of sp³-hybridized carbons (Fsp3) is 0.294. The molecule has 25 heavy (non-hydrogen) atoms. The highest BCUT2D eigenvalue weighted by Crippen LogP contribution is 2.22. The van der Waals surface area contributed by atoms with Crippen LogP contribution in [-0.4, -0.2) is 39.2 Å². The van der Waals surface area contributed by atoms with Crippen LogP contribution in [0.5, 0.6) is 0 Å². The molecule has 0 spiro atoms. The van der Waals surface area contributed by atoms with Crippen LogP contribution in [0.4, 0.5) is 11.5 Å². The molecule has 0 bridgehead atoms. The van der Waals surface area contributed by atoms with Crippen LogP contribution in [0.25, 0.3) is 0 Å². The number of aryl methyl sites for hydroxylation is 1. The van der Waals surface area contributed by atoms with Gasteiger partial charge < -0.3 is 15.3 Å². The first kappa shape index (κ1) is 16.7. The van der Waals surface area contributed by atoms with Crippen LogP contribution in [0, 0.1) is 6.92 Å². The number of aromatic nitrogens is 2. The molecular weight excluding hydrogens is 324 g/mol. The Labute approximate surface area is 144 Å². The van der Waals surface area contributed by atoms with E-state index in [2.05, 4.69) is 10.4 Å². The molecule has 2 amide bonds. The summed E-state index contributed by atoms with van der Waals surface area (Å²) in [6.45, 7) is 2.08. The zero-order valence-corrected chi connectivity index (χ0v) is 13.7. The number of anilines is 2. The highest BCUT2D eigenvalue weighted by molar-refractivity contribution is 6.04. The molecule has 1 saturated heterocycles. The highest BCUT2D eigenvalue weighted by atomic mass is 16.4. The van der Waals surface area contributed by atoms with Gasteiger partial charge in [-0.25, -0.2) is 4.68 Å². The third-order valence-corrected chi connectivity index (χ3v) is 3.94. The molecule has 1 aliphatic rings. The van der Waals surface area contributed by atoms with Crippen LogP contribution < -0.4 is 10.2 Å². The van der Waals surface area contributed by atoms with E-state index in [0.717, 1.165) is 12.1 Å². The van der Waals surface area contributed by atoms with E-state index in [1.54, 1.807) is 42.2 Å². The molecule has 8 heteroatoms. The van der Waals surface area contributed by atoms with Crippen molar-refractivity contribution in [1.82, 2.24) is 9.78 Å². The maximum atomic E-state index is 12.4. The van der Waals surface area contributed by atoms with E-state index in [1.165, 1.54) is 4.68 Å². The van der Waals surface area contributed by atoms with E-state index in [-0.39, 0.29) is 18.4 Å². The van der Waals surface area contributed by atoms with Gasteiger partial charge in [0, 0.05) is 30.3 Å². The maximum absolute atomic E-state index is 12.4. The Kier molecular flexibility index (Phi) is 4.51. The molecule has 2 aromatic rings. The van der Waals surface area contributed by atoms with Gasteiger partial charge in [0.1, 0.15) is 12.4 Å². The van der Waals surface area contributed by atoms with E-state index in [1.807, 2.05) is 0 Å². The molecule has 3 rings (SSSR count). The lowest BCUT2D eigenvalue weighted by molar-refractivity contribution is -0.137. The topological polar surface area (TPSA) is 105 Å². The first-order valence-electron chi connectivity index (χ1n) is 7.92. The molecule has 2 heterocycles. The lowest BCUT2D eigenvalue weighted by atomic mass is 10.2. The van der Waals surface area contributed by atoms with E-state index >= 15 is 0 Å². The zero-order valence-electron chi connectivity index (χ0n) is 13.7. The monoisotopic (exact) mass is 342 g/mol. The van der Waals surface area contributed by atoms with Crippen LogP contribution in [0.1, 0.15) is 28.9 Å². The number of carbonyl (C=O) groups excluding carboxylic acids is 2. The first-order chi connectivity index (χ1) is 11.9. The van der Waals surface area contributed by atoms with Crippen LogP contribution in [0.15, 0.2) is 30.3 Å². The number of nitrogens with one attached hydrogen (secondary N) is 1. The zero-order chi connectivity index (χ0) is 18.0. The average Bonchev–Trinajstić information content (AvgIpc) is 3.13. The van der Waals surface area contributed by atoms with Crippen molar-refractivity contribution < 1.29 is 19.5 Å². The molecule has 0 saturated carbocycles. The van der Waals surface area contributed by atoms with Crippen LogP contribution in [0.3, 0.4) is 0 Å². The predicted molar refractivity (Wildman–Crippen MR) is 90.6 cm³/mol. The Bertz CT molecular complexity index is 826. The molecule has 2 N–H and O–H groups in total. The Balaban J connectivity index is 1.73. The van der Waals surface area contributed by atoms with Gasteiger partial charge in [0.2, 0.25) is 5.91 Å². The van der Waals surface area contributed by atoms with E-state index in [4.69, 9.17) is 5.11 Å². The Morgan fingerprint density at radius 1 is 1.28 bits per heavy atom. The molecule has 0 unspecified atom stereocenters. The number of amides is 2. The van der Waals surface area contributed by atoms with Gasteiger partial charge in [-0.1, -0.05) is 0 Å². The Morgan fingerprint density at radius 2 is 2.00 bits per heavy atom. The highest BCUT2D eigenvalue weighted by Gasteiger charge is 2.21. The van der Waals surface area contributed by atoms with Crippen molar-refractivity contribution in [3.05, 3.63) is 41.6 Å². The van der Waals surface area contributed by atoms with Crippen LogP contribution >= 0.6 is 0 Å². The quantitative estimate of drug-likeness (QED) is 0.860. The average molecular weight is 342 g/mol. The largest absolute Gasteiger partial charge is 0.480 e. The molecule has 130 valence electrons. The number of nitrogens with zero attached hydrogens (tertiary/aromatic N) is 3. The summed E-state index contributed by atoms with van der Waals surface area (Å²) < 4.78 is 1.23. The predicted octanol–water partition coefficient (Wildman–Crippen LogP) is 1.66. The van der Waals surface area contributed by atoms with Crippen LogP contribution in [-0.2, 0) is 16.1 Å². The second kappa shape index (κ2) is 6.76. The summed E-state index contributed by atoms with van der Waals surface area (Å²) in [6, 6.07) is 8.36. The van der Waals surface area contributed by atoms with Crippen molar-refractivity contribution >= 4 is 29.3 Å². The summed E-state index contributed by atoms with van der Waals surface area (Å²) in [6.07, 6.45) is 1.39. The number of hydrogen-bond donors (Lipinski definition) is 2. The third kappa shape index (κ3) is 3.68. The molecule has 0 atom stereocenters. The fourth-order valence-corrected chi connectivity index (χ4v) is 2.80. The summed E-state index contributed by atoms with van der Waals surface area (Å²) in [4.78, 5) is 36.7. The van der Waals surface area contributed by atoms with Crippen LogP contribution in [0.2, 0.25) is 0 Å². The van der Waals surface area contributed by atoms with Crippen molar-refractivity contribution in [2.45, 2.75) is 26.3 Å². The number of rotatable bonds is 5. The number of aliphatic carboxylic acids is 1. The second-order valence-electron chi connectivity index (χ2n) is 5.87. The standard InChI is InChI=1S/C17H18N4O4/c1-11-9-14(21(19-11)10-16(23)24)18-17(25)12-4-6-13(7-5-12)20-8-2-3-15(20)22/h4-7,9H,2-3,8,10H2,1H3,(H,18,25)(H,23,24). The first-order valence-corrected chi connectivity index (χ1v) is 7.92. The fourth-order valence-electron chi connectivity index (χ4n) is 2.80. The number of carboxylic acids is 1. The molecule has 1 aromatic carbocycles. The lowest BCUT2D eigenvalue weighted by Crippen LogP contribution is -2.23. The van der Waals surface area contributed by atoms with Crippen molar-refractivity contribution in [3.63, 3.8) is 0 Å². The van der Waals surface area contributed by atoms with Gasteiger partial charge >= 0.3 is 5.97 Å². The van der Waals surface area contributed by atoms with Crippen molar-refractivity contribution in [1.29, 1.82) is 0 Å².